The van der Waals surface area contributed by atoms with Gasteiger partial charge in [0.1, 0.15) is 24.0 Å². The Labute approximate surface area is 156 Å². The molecule has 1 aliphatic heterocycles. The third-order valence-corrected chi connectivity index (χ3v) is 4.06. The Hall–Kier alpha value is -2.81. The maximum Gasteiger partial charge on any atom is 0.349 e. The van der Waals surface area contributed by atoms with Crippen molar-refractivity contribution >= 4 is 23.6 Å². The number of rotatable bonds is 4. The minimum Gasteiger partial charge on any atom is -0.467 e. The van der Waals surface area contributed by atoms with Gasteiger partial charge in [-0.15, -0.1) is 0 Å². The predicted molar refractivity (Wildman–Crippen MR) is 96.3 cm³/mol. The minimum atomic E-state index is -0.700. The fourth-order valence-corrected chi connectivity index (χ4v) is 2.81. The van der Waals surface area contributed by atoms with E-state index in [2.05, 4.69) is 0 Å². The van der Waals surface area contributed by atoms with Gasteiger partial charge in [-0.1, -0.05) is 41.4 Å². The molecule has 0 spiro atoms. The summed E-state index contributed by atoms with van der Waals surface area (Å²) < 4.78 is 16.0. The molecule has 2 aromatic rings. The highest BCUT2D eigenvalue weighted by Gasteiger charge is 2.18. The van der Waals surface area contributed by atoms with Crippen molar-refractivity contribution in [1.82, 2.24) is 0 Å². The SMILES string of the molecule is Cc1ccc(/C=C(\C#N)C(=O)OCc2cc(Cl)cc3c2OCOC3)cc1. The Morgan fingerprint density at radius 3 is 2.85 bits per heavy atom. The second-order valence-electron chi connectivity index (χ2n) is 5.82. The zero-order chi connectivity index (χ0) is 18.5. The van der Waals surface area contributed by atoms with Crippen LogP contribution in [0.4, 0.5) is 0 Å². The molecule has 5 nitrogen and oxygen atoms in total. The van der Waals surface area contributed by atoms with Crippen molar-refractivity contribution in [2.24, 2.45) is 0 Å². The minimum absolute atomic E-state index is 0.0470. The van der Waals surface area contributed by atoms with E-state index in [-0.39, 0.29) is 19.0 Å². The van der Waals surface area contributed by atoms with Crippen molar-refractivity contribution in [3.63, 3.8) is 0 Å². The fraction of sp³-hybridized carbons (Fsp3) is 0.200. The summed E-state index contributed by atoms with van der Waals surface area (Å²) >= 11 is 6.09. The number of hydrogen-bond donors (Lipinski definition) is 0. The molecule has 0 saturated carbocycles. The number of fused-ring (bicyclic) bond motifs is 1. The number of esters is 1. The second kappa shape index (κ2) is 8.05. The number of ether oxygens (including phenoxy) is 3. The number of nitrogens with zero attached hydrogens (tertiary/aromatic N) is 1. The van der Waals surface area contributed by atoms with E-state index in [1.54, 1.807) is 12.1 Å². The van der Waals surface area contributed by atoms with Crippen LogP contribution in [0.25, 0.3) is 6.08 Å². The Balaban J connectivity index is 1.75. The first-order chi connectivity index (χ1) is 12.6. The first-order valence-electron chi connectivity index (χ1n) is 7.94. The zero-order valence-corrected chi connectivity index (χ0v) is 14.9. The Morgan fingerprint density at radius 1 is 1.35 bits per heavy atom. The number of benzene rings is 2. The number of aryl methyl sites for hydroxylation is 1. The van der Waals surface area contributed by atoms with Crippen molar-refractivity contribution in [1.29, 1.82) is 5.26 Å². The van der Waals surface area contributed by atoms with Crippen molar-refractivity contribution in [3.8, 4) is 11.8 Å². The van der Waals surface area contributed by atoms with E-state index in [9.17, 15) is 10.1 Å². The molecule has 0 fully saturated rings. The lowest BCUT2D eigenvalue weighted by atomic mass is 10.1. The summed E-state index contributed by atoms with van der Waals surface area (Å²) in [5.74, 6) is -0.0941. The molecule has 1 heterocycles. The molecule has 0 saturated heterocycles. The Kier molecular flexibility index (Phi) is 5.57. The third-order valence-electron chi connectivity index (χ3n) is 3.84. The lowest BCUT2D eigenvalue weighted by molar-refractivity contribution is -0.139. The average molecular weight is 370 g/mol. The zero-order valence-electron chi connectivity index (χ0n) is 14.1. The van der Waals surface area contributed by atoms with E-state index in [4.69, 9.17) is 25.8 Å². The molecule has 0 N–H and O–H groups in total. The summed E-state index contributed by atoms with van der Waals surface area (Å²) in [7, 11) is 0. The van der Waals surface area contributed by atoms with E-state index in [1.807, 2.05) is 37.3 Å². The first-order valence-corrected chi connectivity index (χ1v) is 8.32. The monoisotopic (exact) mass is 369 g/mol. The van der Waals surface area contributed by atoms with Crippen molar-refractivity contribution in [2.75, 3.05) is 6.79 Å². The van der Waals surface area contributed by atoms with Crippen molar-refractivity contribution in [2.45, 2.75) is 20.1 Å². The number of hydrogen-bond acceptors (Lipinski definition) is 5. The normalized spacial score (nSPS) is 13.3. The topological polar surface area (TPSA) is 68.6 Å². The molecular formula is C20H16ClNO4. The molecule has 0 bridgehead atoms. The van der Waals surface area contributed by atoms with Gasteiger partial charge in [0.05, 0.1) is 6.61 Å². The highest BCUT2D eigenvalue weighted by molar-refractivity contribution is 6.30. The summed E-state index contributed by atoms with van der Waals surface area (Å²) in [4.78, 5) is 12.3. The van der Waals surface area contributed by atoms with Crippen LogP contribution < -0.4 is 4.74 Å². The van der Waals surface area contributed by atoms with Crippen LogP contribution in [0.1, 0.15) is 22.3 Å². The Bertz CT molecular complexity index is 897. The third kappa shape index (κ3) is 4.23. The van der Waals surface area contributed by atoms with Gasteiger partial charge in [0.15, 0.2) is 6.79 Å². The summed E-state index contributed by atoms with van der Waals surface area (Å²) in [6, 6.07) is 12.8. The number of carbonyl (C=O) groups is 1. The molecule has 0 aliphatic carbocycles. The predicted octanol–water partition coefficient (Wildman–Crippen LogP) is 4.17. The van der Waals surface area contributed by atoms with Crippen molar-refractivity contribution < 1.29 is 19.0 Å². The van der Waals surface area contributed by atoms with Crippen LogP contribution in [0, 0.1) is 18.3 Å². The van der Waals surface area contributed by atoms with Gasteiger partial charge in [-0.05, 0) is 30.7 Å². The van der Waals surface area contributed by atoms with Gasteiger partial charge in [0.2, 0.25) is 0 Å². The molecule has 0 atom stereocenters. The average Bonchev–Trinajstić information content (AvgIpc) is 2.65. The standard InChI is InChI=1S/C20H16ClNO4/c1-13-2-4-14(5-3-13)6-15(9-22)20(23)25-11-17-8-18(21)7-16-10-24-12-26-19(16)17/h2-8H,10-12H2,1H3/b15-6+. The maximum absolute atomic E-state index is 12.3. The molecule has 6 heteroatoms. The van der Waals surface area contributed by atoms with E-state index in [1.165, 1.54) is 6.08 Å². The second-order valence-corrected chi connectivity index (χ2v) is 6.26. The molecule has 132 valence electrons. The van der Waals surface area contributed by atoms with Crippen LogP contribution in [0.5, 0.6) is 5.75 Å². The summed E-state index contributed by atoms with van der Waals surface area (Å²) in [6.07, 6.45) is 1.50. The molecular weight excluding hydrogens is 354 g/mol. The first kappa shape index (κ1) is 18.0. The smallest absolute Gasteiger partial charge is 0.349 e. The van der Waals surface area contributed by atoms with E-state index in [0.717, 1.165) is 16.7 Å². The highest BCUT2D eigenvalue weighted by Crippen LogP contribution is 2.32. The number of carbonyl (C=O) groups excluding carboxylic acids is 1. The van der Waals surface area contributed by atoms with Gasteiger partial charge in [0.25, 0.3) is 0 Å². The van der Waals surface area contributed by atoms with Gasteiger partial charge < -0.3 is 14.2 Å². The van der Waals surface area contributed by atoms with E-state index in [0.29, 0.717) is 22.9 Å². The van der Waals surface area contributed by atoms with Gasteiger partial charge in [-0.25, -0.2) is 4.79 Å². The highest BCUT2D eigenvalue weighted by atomic mass is 35.5. The molecule has 26 heavy (non-hydrogen) atoms. The van der Waals surface area contributed by atoms with Crippen LogP contribution >= 0.6 is 11.6 Å². The lowest BCUT2D eigenvalue weighted by Crippen LogP contribution is -2.14. The van der Waals surface area contributed by atoms with Gasteiger partial charge in [-0.2, -0.15) is 5.26 Å². The summed E-state index contributed by atoms with van der Waals surface area (Å²) in [6.45, 7) is 2.43. The largest absolute Gasteiger partial charge is 0.467 e. The van der Waals surface area contributed by atoms with Gasteiger partial charge >= 0.3 is 5.97 Å². The number of halogens is 1. The van der Waals surface area contributed by atoms with Crippen LogP contribution in [-0.4, -0.2) is 12.8 Å². The van der Waals surface area contributed by atoms with E-state index < -0.39 is 5.97 Å². The quantitative estimate of drug-likeness (QED) is 0.459. The maximum atomic E-state index is 12.3. The summed E-state index contributed by atoms with van der Waals surface area (Å²) in [5, 5.41) is 9.76. The molecule has 1 aliphatic rings. The number of nitriles is 1. The molecule has 2 aromatic carbocycles. The molecule has 0 unspecified atom stereocenters. The molecule has 3 rings (SSSR count). The lowest BCUT2D eigenvalue weighted by Gasteiger charge is -2.21. The fourth-order valence-electron chi connectivity index (χ4n) is 2.55. The molecule has 0 aromatic heterocycles. The van der Waals surface area contributed by atoms with Gasteiger partial charge in [0, 0.05) is 16.1 Å². The summed E-state index contributed by atoms with van der Waals surface area (Å²) in [5.41, 5.74) is 3.21. The van der Waals surface area contributed by atoms with Crippen LogP contribution in [-0.2, 0) is 27.5 Å². The van der Waals surface area contributed by atoms with Crippen LogP contribution in [0.2, 0.25) is 5.02 Å². The van der Waals surface area contributed by atoms with Crippen LogP contribution in [0.15, 0.2) is 42.0 Å². The van der Waals surface area contributed by atoms with Crippen LogP contribution in [0.3, 0.4) is 0 Å². The molecule has 0 amide bonds. The Morgan fingerprint density at radius 2 is 2.12 bits per heavy atom. The van der Waals surface area contributed by atoms with Gasteiger partial charge in [-0.3, -0.25) is 0 Å². The van der Waals surface area contributed by atoms with Crippen molar-refractivity contribution in [3.05, 3.63) is 69.2 Å². The van der Waals surface area contributed by atoms with E-state index >= 15 is 0 Å². The molecule has 0 radical (unpaired) electrons.